The van der Waals surface area contributed by atoms with E-state index in [1.165, 1.54) is 11.6 Å². The van der Waals surface area contributed by atoms with Crippen LogP contribution in [0.2, 0.25) is 5.02 Å². The highest BCUT2D eigenvalue weighted by Crippen LogP contribution is 2.48. The molecule has 1 aromatic rings. The largest absolute Gasteiger partial charge is 0.388 e. The Morgan fingerprint density at radius 1 is 1.13 bits per heavy atom. The summed E-state index contributed by atoms with van der Waals surface area (Å²) in [5.74, 6) is 0. The van der Waals surface area contributed by atoms with Crippen LogP contribution in [0.4, 0.5) is 4.39 Å². The second-order valence-corrected chi connectivity index (χ2v) is 6.93. The second-order valence-electron chi connectivity index (χ2n) is 6.50. The highest BCUT2D eigenvalue weighted by molar-refractivity contribution is 6.30. The summed E-state index contributed by atoms with van der Waals surface area (Å²) in [5, 5.41) is 33.5. The van der Waals surface area contributed by atoms with E-state index in [0.29, 0.717) is 11.6 Å². The predicted octanol–water partition coefficient (Wildman–Crippen LogP) is 1.32. The Kier molecular flexibility index (Phi) is 4.76. The highest BCUT2D eigenvalue weighted by atomic mass is 35.5. The number of benzene rings is 1. The molecule has 126 valence electrons. The maximum Gasteiger partial charge on any atom is 0.113 e. The molecule has 0 aromatic heterocycles. The average Bonchev–Trinajstić information content (AvgIpc) is 3.34. The lowest BCUT2D eigenvalue weighted by Crippen LogP contribution is -2.54. The topological polar surface area (TPSA) is 72.7 Å². The summed E-state index contributed by atoms with van der Waals surface area (Å²) < 4.78 is 12.9. The van der Waals surface area contributed by atoms with Gasteiger partial charge in [-0.1, -0.05) is 29.8 Å². The molecule has 0 bridgehead atoms. The van der Waals surface area contributed by atoms with Gasteiger partial charge in [0.05, 0.1) is 6.04 Å². The standard InChI is InChI=1S/C17H21ClFNO3/c18-12-3-1-11(2-4-12)17(5-6-17)9-20-13-7-10(8-19)14(21)16(23)15(13)22/h1-4,7,13-16,20-23H,5-6,8-9H2/t13-,14+,15+,16+/m1/s1. The van der Waals surface area contributed by atoms with Crippen LogP contribution in [0.1, 0.15) is 18.4 Å². The van der Waals surface area contributed by atoms with Crippen LogP contribution in [0.25, 0.3) is 0 Å². The predicted molar refractivity (Wildman–Crippen MR) is 86.2 cm³/mol. The molecule has 1 saturated carbocycles. The van der Waals surface area contributed by atoms with Crippen LogP contribution < -0.4 is 5.32 Å². The smallest absolute Gasteiger partial charge is 0.113 e. The molecular formula is C17H21ClFNO3. The molecule has 4 atom stereocenters. The zero-order chi connectivity index (χ0) is 16.6. The van der Waals surface area contributed by atoms with Crippen LogP contribution in [-0.2, 0) is 5.41 Å². The fraction of sp³-hybridized carbons (Fsp3) is 0.529. The van der Waals surface area contributed by atoms with Gasteiger partial charge in [-0.15, -0.1) is 0 Å². The molecule has 0 spiro atoms. The Bertz CT molecular complexity index is 588. The minimum atomic E-state index is -1.38. The Balaban J connectivity index is 1.70. The van der Waals surface area contributed by atoms with Crippen molar-refractivity contribution in [3.8, 4) is 0 Å². The Morgan fingerprint density at radius 3 is 2.35 bits per heavy atom. The number of rotatable bonds is 5. The van der Waals surface area contributed by atoms with E-state index in [1.54, 1.807) is 0 Å². The van der Waals surface area contributed by atoms with Gasteiger partial charge in [-0.3, -0.25) is 0 Å². The zero-order valence-corrected chi connectivity index (χ0v) is 13.4. The first-order valence-electron chi connectivity index (χ1n) is 7.77. The van der Waals surface area contributed by atoms with Gasteiger partial charge in [0, 0.05) is 17.0 Å². The van der Waals surface area contributed by atoms with Crippen molar-refractivity contribution in [2.45, 2.75) is 42.6 Å². The number of aliphatic hydroxyl groups excluding tert-OH is 3. The third kappa shape index (κ3) is 3.30. The summed E-state index contributed by atoms with van der Waals surface area (Å²) >= 11 is 5.92. The van der Waals surface area contributed by atoms with Gasteiger partial charge in [0.2, 0.25) is 0 Å². The van der Waals surface area contributed by atoms with Crippen LogP contribution in [0, 0.1) is 0 Å². The number of hydrogen-bond acceptors (Lipinski definition) is 4. The molecular weight excluding hydrogens is 321 g/mol. The van der Waals surface area contributed by atoms with Gasteiger partial charge in [0.15, 0.2) is 0 Å². The Morgan fingerprint density at radius 2 is 1.78 bits per heavy atom. The summed E-state index contributed by atoms with van der Waals surface area (Å²) in [6, 6.07) is 7.12. The molecule has 2 aliphatic carbocycles. The fourth-order valence-corrected chi connectivity index (χ4v) is 3.31. The van der Waals surface area contributed by atoms with Crippen molar-refractivity contribution in [3.63, 3.8) is 0 Å². The van der Waals surface area contributed by atoms with Crippen molar-refractivity contribution in [3.05, 3.63) is 46.5 Å². The minimum Gasteiger partial charge on any atom is -0.388 e. The molecule has 0 aliphatic heterocycles. The molecule has 0 amide bonds. The summed E-state index contributed by atoms with van der Waals surface area (Å²) in [7, 11) is 0. The lowest BCUT2D eigenvalue weighted by Gasteiger charge is -2.35. The zero-order valence-electron chi connectivity index (χ0n) is 12.6. The van der Waals surface area contributed by atoms with E-state index in [9.17, 15) is 19.7 Å². The number of aliphatic hydroxyl groups is 3. The molecule has 0 heterocycles. The normalized spacial score (nSPS) is 32.5. The summed E-state index contributed by atoms with van der Waals surface area (Å²) in [6.45, 7) is -0.235. The first-order valence-corrected chi connectivity index (χ1v) is 8.15. The summed E-state index contributed by atoms with van der Waals surface area (Å²) in [4.78, 5) is 0. The first kappa shape index (κ1) is 16.9. The molecule has 6 heteroatoms. The minimum absolute atomic E-state index is 0.00492. The Hall–Kier alpha value is -0.980. The molecule has 4 N–H and O–H groups in total. The maximum atomic E-state index is 12.9. The third-order valence-electron chi connectivity index (χ3n) is 4.96. The van der Waals surface area contributed by atoms with E-state index in [2.05, 4.69) is 5.32 Å². The van der Waals surface area contributed by atoms with Crippen molar-refractivity contribution in [2.75, 3.05) is 13.2 Å². The van der Waals surface area contributed by atoms with Crippen molar-refractivity contribution in [2.24, 2.45) is 0 Å². The van der Waals surface area contributed by atoms with Gasteiger partial charge in [-0.2, -0.15) is 0 Å². The lowest BCUT2D eigenvalue weighted by atomic mass is 9.87. The number of nitrogens with one attached hydrogen (secondary N) is 1. The SMILES string of the molecule is O[C@@H]1[C@@H](O)[C@@H](O)C(CF)=C[C@H]1NCC1(c2ccc(Cl)cc2)CC1. The molecule has 23 heavy (non-hydrogen) atoms. The molecule has 2 aliphatic rings. The van der Waals surface area contributed by atoms with Crippen LogP contribution in [-0.4, -0.2) is 52.9 Å². The molecule has 0 saturated heterocycles. The monoisotopic (exact) mass is 341 g/mol. The fourth-order valence-electron chi connectivity index (χ4n) is 3.18. The molecule has 1 fully saturated rings. The summed E-state index contributed by atoms with van der Waals surface area (Å²) in [6.07, 6.45) is -0.362. The third-order valence-corrected chi connectivity index (χ3v) is 5.21. The van der Waals surface area contributed by atoms with E-state index in [-0.39, 0.29) is 11.0 Å². The van der Waals surface area contributed by atoms with Crippen molar-refractivity contribution >= 4 is 11.6 Å². The van der Waals surface area contributed by atoms with Crippen LogP contribution in [0.3, 0.4) is 0 Å². The molecule has 4 nitrogen and oxygen atoms in total. The van der Waals surface area contributed by atoms with E-state index < -0.39 is 31.0 Å². The summed E-state index contributed by atoms with van der Waals surface area (Å²) in [5.41, 5.74) is 1.28. The molecule has 0 unspecified atom stereocenters. The number of alkyl halides is 1. The average molecular weight is 342 g/mol. The number of halogens is 2. The van der Waals surface area contributed by atoms with Crippen LogP contribution >= 0.6 is 11.6 Å². The van der Waals surface area contributed by atoms with Crippen molar-refractivity contribution in [1.29, 1.82) is 0 Å². The lowest BCUT2D eigenvalue weighted by molar-refractivity contribution is -0.0630. The van der Waals surface area contributed by atoms with E-state index in [0.717, 1.165) is 12.8 Å². The van der Waals surface area contributed by atoms with E-state index in [1.807, 2.05) is 24.3 Å². The van der Waals surface area contributed by atoms with Crippen molar-refractivity contribution in [1.82, 2.24) is 5.32 Å². The van der Waals surface area contributed by atoms with Gasteiger partial charge in [0.1, 0.15) is 25.0 Å². The van der Waals surface area contributed by atoms with E-state index >= 15 is 0 Å². The Labute approximate surface area is 139 Å². The molecule has 1 aromatic carbocycles. The maximum absolute atomic E-state index is 12.9. The highest BCUT2D eigenvalue weighted by Gasteiger charge is 2.45. The number of hydrogen-bond donors (Lipinski definition) is 4. The molecule has 3 rings (SSSR count). The first-order chi connectivity index (χ1) is 11.0. The van der Waals surface area contributed by atoms with Gasteiger partial charge in [-0.25, -0.2) is 4.39 Å². The quantitative estimate of drug-likeness (QED) is 0.610. The second kappa shape index (κ2) is 6.49. The van der Waals surface area contributed by atoms with Crippen LogP contribution in [0.5, 0.6) is 0 Å². The van der Waals surface area contributed by atoms with Gasteiger partial charge in [-0.05, 0) is 36.1 Å². The van der Waals surface area contributed by atoms with E-state index in [4.69, 9.17) is 11.6 Å². The van der Waals surface area contributed by atoms with Gasteiger partial charge in [0.25, 0.3) is 0 Å². The van der Waals surface area contributed by atoms with Crippen molar-refractivity contribution < 1.29 is 19.7 Å². The van der Waals surface area contributed by atoms with Gasteiger partial charge < -0.3 is 20.6 Å². The van der Waals surface area contributed by atoms with Gasteiger partial charge >= 0.3 is 0 Å². The van der Waals surface area contributed by atoms with Crippen LogP contribution in [0.15, 0.2) is 35.9 Å². The molecule has 0 radical (unpaired) electrons.